The van der Waals surface area contributed by atoms with Gasteiger partial charge in [-0.25, -0.2) is 0 Å². The summed E-state index contributed by atoms with van der Waals surface area (Å²) in [7, 11) is 0. The smallest absolute Gasteiger partial charge is 0.313 e. The highest BCUT2D eigenvalue weighted by Gasteiger charge is 2.43. The van der Waals surface area contributed by atoms with Crippen molar-refractivity contribution < 1.29 is 14.3 Å². The van der Waals surface area contributed by atoms with E-state index in [4.69, 9.17) is 9.47 Å². The van der Waals surface area contributed by atoms with Gasteiger partial charge in [0.2, 0.25) is 0 Å². The first-order chi connectivity index (χ1) is 16.3. The lowest BCUT2D eigenvalue weighted by Crippen LogP contribution is -2.48. The van der Waals surface area contributed by atoms with Crippen molar-refractivity contribution in [3.05, 3.63) is 71.8 Å². The molecule has 2 aromatic rings. The third-order valence-electron chi connectivity index (χ3n) is 6.77. The highest BCUT2D eigenvalue weighted by Crippen LogP contribution is 2.31. The fraction of sp³-hybridized carbons (Fsp3) is 0.567. The first-order valence-electron chi connectivity index (χ1n) is 13.2. The minimum Gasteiger partial charge on any atom is -0.461 e. The first-order valence-corrected chi connectivity index (χ1v) is 13.2. The van der Waals surface area contributed by atoms with E-state index in [9.17, 15) is 4.79 Å². The van der Waals surface area contributed by atoms with Crippen molar-refractivity contribution in [1.29, 1.82) is 0 Å². The zero-order valence-electron chi connectivity index (χ0n) is 20.4. The summed E-state index contributed by atoms with van der Waals surface area (Å²) in [5.74, 6) is -0.105. The van der Waals surface area contributed by atoms with Gasteiger partial charge in [-0.2, -0.15) is 0 Å². The molecule has 180 valence electrons. The second kappa shape index (κ2) is 14.9. The third-order valence-corrected chi connectivity index (χ3v) is 6.77. The largest absolute Gasteiger partial charge is 0.461 e. The van der Waals surface area contributed by atoms with Crippen molar-refractivity contribution in [2.75, 3.05) is 0 Å². The van der Waals surface area contributed by atoms with Crippen LogP contribution in [0.2, 0.25) is 0 Å². The Morgan fingerprint density at radius 3 is 1.97 bits per heavy atom. The molecule has 33 heavy (non-hydrogen) atoms. The molecule has 1 heterocycles. The van der Waals surface area contributed by atoms with Crippen molar-refractivity contribution >= 4 is 5.97 Å². The zero-order chi connectivity index (χ0) is 23.1. The molecule has 0 amide bonds. The molecule has 0 saturated carbocycles. The number of ether oxygens (including phenoxy) is 2. The van der Waals surface area contributed by atoms with Gasteiger partial charge in [0.05, 0.1) is 18.6 Å². The molecule has 0 radical (unpaired) electrons. The predicted molar refractivity (Wildman–Crippen MR) is 135 cm³/mol. The number of hydrogen-bond donors (Lipinski definition) is 0. The first kappa shape index (κ1) is 25.5. The Balaban J connectivity index is 1.44. The molecule has 0 bridgehead atoms. The maximum absolute atomic E-state index is 12.2. The van der Waals surface area contributed by atoms with Crippen molar-refractivity contribution in [1.82, 2.24) is 0 Å². The van der Waals surface area contributed by atoms with E-state index < -0.39 is 0 Å². The summed E-state index contributed by atoms with van der Waals surface area (Å²) in [5, 5.41) is 0. The summed E-state index contributed by atoms with van der Waals surface area (Å²) in [6, 6.07) is 20.6. The molecule has 3 rings (SSSR count). The Hall–Kier alpha value is -2.13. The number of esters is 1. The monoisotopic (exact) mass is 450 g/mol. The van der Waals surface area contributed by atoms with E-state index in [1.165, 1.54) is 68.9 Å². The molecule has 3 atom stereocenters. The minimum atomic E-state index is -0.0614. The van der Waals surface area contributed by atoms with Gasteiger partial charge < -0.3 is 9.47 Å². The minimum absolute atomic E-state index is 0.0305. The number of cyclic esters (lactones) is 1. The maximum Gasteiger partial charge on any atom is 0.313 e. The summed E-state index contributed by atoms with van der Waals surface area (Å²) < 4.78 is 11.9. The van der Waals surface area contributed by atoms with Crippen LogP contribution in [0.4, 0.5) is 0 Å². The number of carbonyl (C=O) groups excluding carboxylic acids is 1. The molecule has 1 fully saturated rings. The average molecular weight is 451 g/mol. The van der Waals surface area contributed by atoms with Crippen LogP contribution in [0.1, 0.15) is 88.7 Å². The molecule has 1 aliphatic rings. The molecular formula is C30H42O3. The van der Waals surface area contributed by atoms with Crippen LogP contribution in [0.5, 0.6) is 0 Å². The van der Waals surface area contributed by atoms with Crippen LogP contribution in [0.15, 0.2) is 60.7 Å². The van der Waals surface area contributed by atoms with E-state index in [-0.39, 0.29) is 24.1 Å². The predicted octanol–water partition coefficient (Wildman–Crippen LogP) is 7.67. The summed E-state index contributed by atoms with van der Waals surface area (Å²) in [6.07, 6.45) is 14.6. The van der Waals surface area contributed by atoms with E-state index >= 15 is 0 Å². The summed E-state index contributed by atoms with van der Waals surface area (Å²) in [4.78, 5) is 12.2. The molecular weight excluding hydrogens is 408 g/mol. The topological polar surface area (TPSA) is 35.5 Å². The normalized spacial score (nSPS) is 18.5. The van der Waals surface area contributed by atoms with Crippen molar-refractivity contribution in [2.24, 2.45) is 5.92 Å². The van der Waals surface area contributed by atoms with Crippen LogP contribution in [-0.2, 0) is 27.3 Å². The zero-order valence-corrected chi connectivity index (χ0v) is 20.4. The van der Waals surface area contributed by atoms with E-state index in [0.29, 0.717) is 6.61 Å². The van der Waals surface area contributed by atoms with Gasteiger partial charge in [0.25, 0.3) is 0 Å². The molecule has 0 unspecified atom stereocenters. The van der Waals surface area contributed by atoms with E-state index in [1.54, 1.807) is 0 Å². The standard InChI is InChI=1S/C30H42O3/c1-2-3-4-5-6-7-8-9-16-21-27(32-24-26-19-14-11-15-20-26)23-29-28(30(31)33-29)22-25-17-12-10-13-18-25/h10-15,17-20,27-29H,2-9,16,21-24H2,1H3/t27-,28-,29-/m0/s1. The molecule has 3 heteroatoms. The molecule has 1 saturated heterocycles. The summed E-state index contributed by atoms with van der Waals surface area (Å²) >= 11 is 0. The Labute approximate surface area is 200 Å². The molecule has 3 nitrogen and oxygen atoms in total. The van der Waals surface area contributed by atoms with Crippen molar-refractivity contribution in [3.63, 3.8) is 0 Å². The van der Waals surface area contributed by atoms with E-state index in [0.717, 1.165) is 19.3 Å². The summed E-state index contributed by atoms with van der Waals surface area (Å²) in [5.41, 5.74) is 2.39. The molecule has 0 N–H and O–H groups in total. The fourth-order valence-electron chi connectivity index (χ4n) is 4.69. The average Bonchev–Trinajstić information content (AvgIpc) is 2.85. The Morgan fingerprint density at radius 2 is 1.36 bits per heavy atom. The lowest BCUT2D eigenvalue weighted by molar-refractivity contribution is -0.189. The number of rotatable bonds is 17. The Kier molecular flexibility index (Phi) is 11.5. The fourth-order valence-corrected chi connectivity index (χ4v) is 4.69. The van der Waals surface area contributed by atoms with Crippen LogP contribution in [0.25, 0.3) is 0 Å². The lowest BCUT2D eigenvalue weighted by atomic mass is 9.86. The highest BCUT2D eigenvalue weighted by atomic mass is 16.6. The van der Waals surface area contributed by atoms with Crippen molar-refractivity contribution in [3.8, 4) is 0 Å². The van der Waals surface area contributed by atoms with Gasteiger partial charge in [0.15, 0.2) is 0 Å². The molecule has 0 spiro atoms. The van der Waals surface area contributed by atoms with Gasteiger partial charge in [-0.15, -0.1) is 0 Å². The number of benzene rings is 2. The highest BCUT2D eigenvalue weighted by molar-refractivity contribution is 5.78. The van der Waals surface area contributed by atoms with Crippen LogP contribution in [0, 0.1) is 5.92 Å². The number of unbranched alkanes of at least 4 members (excludes halogenated alkanes) is 8. The molecule has 0 aromatic heterocycles. The number of carbonyl (C=O) groups is 1. The lowest BCUT2D eigenvalue weighted by Gasteiger charge is -2.37. The van der Waals surface area contributed by atoms with Crippen LogP contribution in [-0.4, -0.2) is 18.2 Å². The van der Waals surface area contributed by atoms with Crippen LogP contribution >= 0.6 is 0 Å². The van der Waals surface area contributed by atoms with Crippen LogP contribution in [0.3, 0.4) is 0 Å². The van der Waals surface area contributed by atoms with Gasteiger partial charge in [-0.3, -0.25) is 4.79 Å². The third kappa shape index (κ3) is 9.33. The molecule has 2 aromatic carbocycles. The van der Waals surface area contributed by atoms with Gasteiger partial charge in [0, 0.05) is 6.42 Å². The Bertz CT molecular complexity index is 774. The van der Waals surface area contributed by atoms with Gasteiger partial charge in [-0.05, 0) is 24.0 Å². The maximum atomic E-state index is 12.2. The van der Waals surface area contributed by atoms with E-state index in [2.05, 4.69) is 43.3 Å². The van der Waals surface area contributed by atoms with Crippen molar-refractivity contribution in [2.45, 2.75) is 103 Å². The van der Waals surface area contributed by atoms with Crippen LogP contribution < -0.4 is 0 Å². The van der Waals surface area contributed by atoms with Gasteiger partial charge >= 0.3 is 5.97 Å². The molecule has 1 aliphatic heterocycles. The quantitative estimate of drug-likeness (QED) is 0.183. The second-order valence-corrected chi connectivity index (χ2v) is 9.54. The van der Waals surface area contributed by atoms with Gasteiger partial charge in [-0.1, -0.05) is 125 Å². The second-order valence-electron chi connectivity index (χ2n) is 9.54. The summed E-state index contributed by atoms with van der Waals surface area (Å²) in [6.45, 7) is 2.89. The number of hydrogen-bond acceptors (Lipinski definition) is 3. The Morgan fingerprint density at radius 1 is 0.788 bits per heavy atom. The van der Waals surface area contributed by atoms with Gasteiger partial charge in [0.1, 0.15) is 6.10 Å². The van der Waals surface area contributed by atoms with E-state index in [1.807, 2.05) is 24.3 Å². The molecule has 0 aliphatic carbocycles. The SMILES string of the molecule is CCCCCCCCCCC[C@@H](C[C@@H]1OC(=O)[C@H]1Cc1ccccc1)OCc1ccccc1.